The average molecular weight is 351 g/mol. The van der Waals surface area contributed by atoms with Crippen LogP contribution >= 0.6 is 0 Å². The van der Waals surface area contributed by atoms with E-state index in [0.29, 0.717) is 11.4 Å². The lowest BCUT2D eigenvalue weighted by Gasteiger charge is -2.13. The lowest BCUT2D eigenvalue weighted by atomic mass is 9.99. The number of carbonyl (C=O) groups excluding carboxylic acids is 1. The number of methoxy groups -OCH3 is 1. The lowest BCUT2D eigenvalue weighted by Crippen LogP contribution is -2.13. The highest BCUT2D eigenvalue weighted by Crippen LogP contribution is 2.31. The second kappa shape index (κ2) is 6.55. The van der Waals surface area contributed by atoms with Gasteiger partial charge in [-0.25, -0.2) is 4.98 Å². The minimum Gasteiger partial charge on any atom is -0.364 e. The third-order valence-corrected chi connectivity index (χ3v) is 4.73. The molecule has 1 unspecified atom stereocenters. The highest BCUT2D eigenvalue weighted by atomic mass is 16.6. The molecule has 6 nitrogen and oxygen atoms in total. The van der Waals surface area contributed by atoms with E-state index in [4.69, 9.17) is 4.74 Å². The van der Waals surface area contributed by atoms with Crippen LogP contribution in [0.2, 0.25) is 0 Å². The molecule has 3 aromatic rings. The maximum absolute atomic E-state index is 11.9. The minimum absolute atomic E-state index is 0.0470. The number of hydrogen-bond donors (Lipinski definition) is 2. The summed E-state index contributed by atoms with van der Waals surface area (Å²) in [5.74, 6) is 0.762. The third kappa shape index (κ3) is 3.21. The molecule has 0 saturated heterocycles. The Bertz CT molecular complexity index is 976. The van der Waals surface area contributed by atoms with Crippen molar-refractivity contribution >= 4 is 17.4 Å². The summed E-state index contributed by atoms with van der Waals surface area (Å²) in [4.78, 5) is 16.4. The Morgan fingerprint density at radius 1 is 1.31 bits per heavy atom. The topological polar surface area (TPSA) is 75.9 Å². The number of aliphatic hydroxyl groups is 1. The summed E-state index contributed by atoms with van der Waals surface area (Å²) in [6.45, 7) is 2.03. The van der Waals surface area contributed by atoms with Crippen LogP contribution in [-0.4, -0.2) is 27.5 Å². The first-order valence-electron chi connectivity index (χ1n) is 8.66. The molecule has 1 fully saturated rings. The van der Waals surface area contributed by atoms with Crippen molar-refractivity contribution in [2.75, 3.05) is 12.4 Å². The van der Waals surface area contributed by atoms with E-state index in [1.807, 2.05) is 54.0 Å². The summed E-state index contributed by atoms with van der Waals surface area (Å²) in [7, 11) is 1.47. The van der Waals surface area contributed by atoms with Gasteiger partial charge in [-0.3, -0.25) is 4.79 Å². The normalized spacial score (nSPS) is 15.2. The molecular formula is C20H21N3O3. The molecule has 0 spiro atoms. The standard InChI is InChI=1S/C20H21N3O3/c1-12-3-4-14(20(25)26-2)9-16(12)15-7-8-18-21-17(11-23(18)10-15)22-19(24)13-5-6-13/h3-4,7-11,13,20,25H,5-6H2,1-2H3,(H,22,24). The Morgan fingerprint density at radius 3 is 2.85 bits per heavy atom. The minimum atomic E-state index is -0.949. The number of nitrogens with one attached hydrogen (secondary N) is 1. The molecule has 0 bridgehead atoms. The molecule has 2 aromatic heterocycles. The smallest absolute Gasteiger partial charge is 0.228 e. The van der Waals surface area contributed by atoms with E-state index in [0.717, 1.165) is 35.2 Å². The van der Waals surface area contributed by atoms with Crippen molar-refractivity contribution in [3.63, 3.8) is 0 Å². The number of benzene rings is 1. The summed E-state index contributed by atoms with van der Waals surface area (Å²) < 4.78 is 6.90. The van der Waals surface area contributed by atoms with Gasteiger partial charge in [-0.2, -0.15) is 0 Å². The second-order valence-electron chi connectivity index (χ2n) is 6.74. The largest absolute Gasteiger partial charge is 0.364 e. The van der Waals surface area contributed by atoms with Gasteiger partial charge in [0.1, 0.15) is 5.65 Å². The van der Waals surface area contributed by atoms with Crippen LogP contribution in [0.4, 0.5) is 5.82 Å². The molecule has 2 N–H and O–H groups in total. The van der Waals surface area contributed by atoms with Gasteiger partial charge in [-0.15, -0.1) is 0 Å². The van der Waals surface area contributed by atoms with Gasteiger partial charge in [0.25, 0.3) is 0 Å². The van der Waals surface area contributed by atoms with Crippen LogP contribution in [0, 0.1) is 12.8 Å². The van der Waals surface area contributed by atoms with Gasteiger partial charge in [0.15, 0.2) is 12.1 Å². The van der Waals surface area contributed by atoms with Crippen LogP contribution in [0.3, 0.4) is 0 Å². The van der Waals surface area contributed by atoms with Crippen LogP contribution in [0.15, 0.2) is 42.7 Å². The van der Waals surface area contributed by atoms with Crippen molar-refractivity contribution in [2.24, 2.45) is 5.92 Å². The van der Waals surface area contributed by atoms with E-state index >= 15 is 0 Å². The Kier molecular flexibility index (Phi) is 4.22. The van der Waals surface area contributed by atoms with Crippen molar-refractivity contribution in [3.05, 3.63) is 53.9 Å². The third-order valence-electron chi connectivity index (χ3n) is 4.73. The number of nitrogens with zero attached hydrogens (tertiary/aromatic N) is 2. The van der Waals surface area contributed by atoms with Crippen LogP contribution in [0.1, 0.15) is 30.3 Å². The van der Waals surface area contributed by atoms with Crippen molar-refractivity contribution in [2.45, 2.75) is 26.1 Å². The van der Waals surface area contributed by atoms with Crippen molar-refractivity contribution < 1.29 is 14.6 Å². The molecule has 2 heterocycles. The number of aliphatic hydroxyl groups excluding tert-OH is 1. The Labute approximate surface area is 151 Å². The van der Waals surface area contributed by atoms with Gasteiger partial charge in [-0.1, -0.05) is 12.1 Å². The number of hydrogen-bond acceptors (Lipinski definition) is 4. The van der Waals surface area contributed by atoms with Gasteiger partial charge >= 0.3 is 0 Å². The SMILES string of the molecule is COC(O)c1ccc(C)c(-c2ccc3nc(NC(=O)C4CC4)cn3c2)c1. The molecule has 1 aliphatic rings. The predicted octanol–water partition coefficient (Wildman–Crippen LogP) is 3.30. The van der Waals surface area contributed by atoms with E-state index < -0.39 is 6.29 Å². The van der Waals surface area contributed by atoms with Gasteiger partial charge < -0.3 is 19.6 Å². The summed E-state index contributed by atoms with van der Waals surface area (Å²) in [5, 5.41) is 12.8. The molecule has 0 aliphatic heterocycles. The summed E-state index contributed by atoms with van der Waals surface area (Å²) in [5.41, 5.74) is 4.58. The number of pyridine rings is 1. The van der Waals surface area contributed by atoms with E-state index in [2.05, 4.69) is 10.3 Å². The number of aromatic nitrogens is 2. The number of ether oxygens (including phenoxy) is 1. The van der Waals surface area contributed by atoms with E-state index in [1.54, 1.807) is 0 Å². The number of fused-ring (bicyclic) bond motifs is 1. The first-order valence-corrected chi connectivity index (χ1v) is 8.66. The average Bonchev–Trinajstić information content (AvgIpc) is 3.42. The molecule has 134 valence electrons. The monoisotopic (exact) mass is 351 g/mol. The molecule has 1 aromatic carbocycles. The molecule has 1 amide bonds. The first kappa shape index (κ1) is 16.8. The number of rotatable bonds is 5. The Hall–Kier alpha value is -2.70. The number of amides is 1. The van der Waals surface area contributed by atoms with Gasteiger partial charge in [0.2, 0.25) is 5.91 Å². The summed E-state index contributed by atoms with van der Waals surface area (Å²) in [6, 6.07) is 9.65. The Morgan fingerprint density at radius 2 is 2.12 bits per heavy atom. The molecule has 26 heavy (non-hydrogen) atoms. The van der Waals surface area contributed by atoms with Crippen LogP contribution in [0.5, 0.6) is 0 Å². The molecule has 1 aliphatic carbocycles. The Balaban J connectivity index is 1.67. The predicted molar refractivity (Wildman–Crippen MR) is 98.7 cm³/mol. The molecule has 4 rings (SSSR count). The fourth-order valence-electron chi connectivity index (χ4n) is 3.03. The fraction of sp³-hybridized carbons (Fsp3) is 0.300. The van der Waals surface area contributed by atoms with Crippen molar-refractivity contribution in [1.29, 1.82) is 0 Å². The quantitative estimate of drug-likeness (QED) is 0.692. The van der Waals surface area contributed by atoms with E-state index in [9.17, 15) is 9.90 Å². The lowest BCUT2D eigenvalue weighted by molar-refractivity contribution is -0.117. The highest BCUT2D eigenvalue weighted by molar-refractivity contribution is 5.93. The number of aryl methyl sites for hydroxylation is 1. The molecule has 0 radical (unpaired) electrons. The molecular weight excluding hydrogens is 330 g/mol. The van der Waals surface area contributed by atoms with E-state index in [-0.39, 0.29) is 11.8 Å². The molecule has 1 atom stereocenters. The highest BCUT2D eigenvalue weighted by Gasteiger charge is 2.30. The zero-order valence-corrected chi connectivity index (χ0v) is 14.8. The van der Waals surface area contributed by atoms with Gasteiger partial charge in [-0.05, 0) is 54.7 Å². The zero-order valence-electron chi connectivity index (χ0n) is 14.8. The number of carbonyl (C=O) groups is 1. The molecule has 1 saturated carbocycles. The first-order chi connectivity index (χ1) is 12.5. The summed E-state index contributed by atoms with van der Waals surface area (Å²) >= 11 is 0. The molecule has 6 heteroatoms. The van der Waals surface area contributed by atoms with Crippen LogP contribution in [0.25, 0.3) is 16.8 Å². The van der Waals surface area contributed by atoms with Gasteiger partial charge in [0.05, 0.1) is 6.20 Å². The van der Waals surface area contributed by atoms with Crippen LogP contribution in [-0.2, 0) is 9.53 Å². The maximum atomic E-state index is 11.9. The second-order valence-corrected chi connectivity index (χ2v) is 6.74. The van der Waals surface area contributed by atoms with Gasteiger partial charge in [0, 0.05) is 24.8 Å². The van der Waals surface area contributed by atoms with Crippen molar-refractivity contribution in [3.8, 4) is 11.1 Å². The number of imidazole rings is 1. The van der Waals surface area contributed by atoms with Crippen molar-refractivity contribution in [1.82, 2.24) is 9.38 Å². The fourth-order valence-corrected chi connectivity index (χ4v) is 3.03. The van der Waals surface area contributed by atoms with E-state index in [1.165, 1.54) is 7.11 Å². The zero-order chi connectivity index (χ0) is 18.3. The number of anilines is 1. The van der Waals surface area contributed by atoms with Crippen LogP contribution < -0.4 is 5.32 Å². The maximum Gasteiger partial charge on any atom is 0.228 e. The summed E-state index contributed by atoms with van der Waals surface area (Å²) in [6.07, 6.45) is 4.77.